The minimum atomic E-state index is -2.77. The van der Waals surface area contributed by atoms with Gasteiger partial charge in [-0.25, -0.2) is 0 Å². The number of hydrogen-bond acceptors (Lipinski definition) is 2. The fraction of sp³-hybridized carbons (Fsp3) is 0.455. The third-order valence-electron chi connectivity index (χ3n) is 2.11. The van der Waals surface area contributed by atoms with E-state index in [0.717, 1.165) is 23.2 Å². The van der Waals surface area contributed by atoms with Crippen molar-refractivity contribution in [1.82, 2.24) is 5.32 Å². The number of ether oxygens (including phenoxy) is 1. The summed E-state index contributed by atoms with van der Waals surface area (Å²) in [5, 5.41) is 3.01. The largest absolute Gasteiger partial charge is 0.434 e. The highest BCUT2D eigenvalue weighted by atomic mass is 19.3. The lowest BCUT2D eigenvalue weighted by Crippen LogP contribution is -2.08. The Morgan fingerprint density at radius 3 is 2.20 bits per heavy atom. The molecular formula is C11H15F2NO. The first kappa shape index (κ1) is 11.9. The molecule has 0 aliphatic rings. The van der Waals surface area contributed by atoms with Crippen LogP contribution >= 0.6 is 0 Å². The highest BCUT2D eigenvalue weighted by Gasteiger charge is 2.11. The average molecular weight is 215 g/mol. The molecular weight excluding hydrogens is 200 g/mol. The second-order valence-corrected chi connectivity index (χ2v) is 3.47. The van der Waals surface area contributed by atoms with Gasteiger partial charge in [-0.3, -0.25) is 0 Å². The molecule has 0 unspecified atom stereocenters. The summed E-state index contributed by atoms with van der Waals surface area (Å²) in [5.74, 6) is 0.282. The normalized spacial score (nSPS) is 10.8. The molecule has 0 bridgehead atoms. The van der Waals surface area contributed by atoms with E-state index in [4.69, 9.17) is 0 Å². The Hall–Kier alpha value is -1.16. The van der Waals surface area contributed by atoms with Crippen LogP contribution in [0, 0.1) is 13.8 Å². The number of alkyl halides is 2. The smallest absolute Gasteiger partial charge is 0.387 e. The molecule has 0 aliphatic carbocycles. The van der Waals surface area contributed by atoms with E-state index in [-0.39, 0.29) is 5.75 Å². The molecule has 0 amide bonds. The topological polar surface area (TPSA) is 21.3 Å². The zero-order valence-corrected chi connectivity index (χ0v) is 9.10. The third kappa shape index (κ3) is 3.16. The van der Waals surface area contributed by atoms with Crippen LogP contribution in [-0.4, -0.2) is 13.7 Å². The lowest BCUT2D eigenvalue weighted by atomic mass is 10.1. The first-order chi connectivity index (χ1) is 7.04. The van der Waals surface area contributed by atoms with Crippen LogP contribution in [0.4, 0.5) is 8.78 Å². The van der Waals surface area contributed by atoms with Crippen molar-refractivity contribution in [3.63, 3.8) is 0 Å². The second-order valence-electron chi connectivity index (χ2n) is 3.47. The standard InChI is InChI=1S/C11H15F2NO/c1-7-4-9(6-14-3)5-8(2)10(7)15-11(12)13/h4-5,11,14H,6H2,1-3H3. The van der Waals surface area contributed by atoms with E-state index < -0.39 is 6.61 Å². The highest BCUT2D eigenvalue weighted by molar-refractivity contribution is 5.43. The van der Waals surface area contributed by atoms with Crippen LogP contribution in [-0.2, 0) is 6.54 Å². The minimum Gasteiger partial charge on any atom is -0.434 e. The van der Waals surface area contributed by atoms with E-state index in [0.29, 0.717) is 0 Å². The van der Waals surface area contributed by atoms with Gasteiger partial charge >= 0.3 is 6.61 Å². The summed E-state index contributed by atoms with van der Waals surface area (Å²) in [5.41, 5.74) is 2.54. The molecule has 1 aromatic rings. The Morgan fingerprint density at radius 1 is 1.27 bits per heavy atom. The molecule has 0 aliphatic heterocycles. The number of halogens is 2. The molecule has 0 radical (unpaired) electrons. The maximum atomic E-state index is 12.1. The van der Waals surface area contributed by atoms with E-state index in [2.05, 4.69) is 10.1 Å². The van der Waals surface area contributed by atoms with Crippen LogP contribution in [0.5, 0.6) is 5.75 Å². The molecule has 0 atom stereocenters. The van der Waals surface area contributed by atoms with Gasteiger partial charge in [0.05, 0.1) is 0 Å². The molecule has 0 spiro atoms. The minimum absolute atomic E-state index is 0.282. The SMILES string of the molecule is CNCc1cc(C)c(OC(F)F)c(C)c1. The van der Waals surface area contributed by atoms with Crippen molar-refractivity contribution in [2.24, 2.45) is 0 Å². The van der Waals surface area contributed by atoms with Crippen molar-refractivity contribution in [2.45, 2.75) is 27.0 Å². The first-order valence-electron chi connectivity index (χ1n) is 4.74. The van der Waals surface area contributed by atoms with Crippen molar-refractivity contribution in [3.05, 3.63) is 28.8 Å². The van der Waals surface area contributed by atoms with E-state index in [9.17, 15) is 8.78 Å². The zero-order valence-electron chi connectivity index (χ0n) is 9.10. The quantitative estimate of drug-likeness (QED) is 0.833. The Labute approximate surface area is 88.3 Å². The Balaban J connectivity index is 2.98. The second kappa shape index (κ2) is 5.07. The van der Waals surface area contributed by atoms with Crippen molar-refractivity contribution >= 4 is 0 Å². The highest BCUT2D eigenvalue weighted by Crippen LogP contribution is 2.26. The molecule has 1 rings (SSSR count). The predicted molar refractivity (Wildman–Crippen MR) is 55.3 cm³/mol. The van der Waals surface area contributed by atoms with Crippen LogP contribution in [0.3, 0.4) is 0 Å². The summed E-state index contributed by atoms with van der Waals surface area (Å²) in [6.07, 6.45) is 0. The predicted octanol–water partition coefficient (Wildman–Crippen LogP) is 2.62. The van der Waals surface area contributed by atoms with Crippen molar-refractivity contribution in [3.8, 4) is 5.75 Å². The van der Waals surface area contributed by atoms with Gasteiger partial charge in [-0.1, -0.05) is 12.1 Å². The number of benzene rings is 1. The van der Waals surface area contributed by atoms with Gasteiger partial charge in [-0.15, -0.1) is 0 Å². The maximum Gasteiger partial charge on any atom is 0.387 e. The lowest BCUT2D eigenvalue weighted by molar-refractivity contribution is -0.0507. The van der Waals surface area contributed by atoms with Gasteiger partial charge in [0.2, 0.25) is 0 Å². The van der Waals surface area contributed by atoms with Crippen molar-refractivity contribution < 1.29 is 13.5 Å². The lowest BCUT2D eigenvalue weighted by Gasteiger charge is -2.13. The van der Waals surface area contributed by atoms with Gasteiger partial charge in [0.15, 0.2) is 0 Å². The summed E-state index contributed by atoms with van der Waals surface area (Å²) in [6.45, 7) is 1.49. The maximum absolute atomic E-state index is 12.1. The molecule has 0 heterocycles. The number of rotatable bonds is 4. The summed E-state index contributed by atoms with van der Waals surface area (Å²) < 4.78 is 28.6. The average Bonchev–Trinajstić information content (AvgIpc) is 2.11. The van der Waals surface area contributed by atoms with Gasteiger partial charge in [-0.2, -0.15) is 8.78 Å². The number of hydrogen-bond donors (Lipinski definition) is 1. The van der Waals surface area contributed by atoms with Gasteiger partial charge in [-0.05, 0) is 37.6 Å². The fourth-order valence-corrected chi connectivity index (χ4v) is 1.62. The van der Waals surface area contributed by atoms with Gasteiger partial charge in [0.25, 0.3) is 0 Å². The van der Waals surface area contributed by atoms with Crippen LogP contribution in [0.1, 0.15) is 16.7 Å². The molecule has 0 saturated carbocycles. The van der Waals surface area contributed by atoms with Gasteiger partial charge in [0.1, 0.15) is 5.75 Å². The first-order valence-corrected chi connectivity index (χ1v) is 4.74. The molecule has 0 aromatic heterocycles. The Bertz CT molecular complexity index is 316. The summed E-state index contributed by atoms with van der Waals surface area (Å²) in [7, 11) is 1.84. The monoisotopic (exact) mass is 215 g/mol. The molecule has 0 fully saturated rings. The molecule has 15 heavy (non-hydrogen) atoms. The summed E-state index contributed by atoms with van der Waals surface area (Å²) >= 11 is 0. The van der Waals surface area contributed by atoms with Crippen molar-refractivity contribution in [1.29, 1.82) is 0 Å². The Kier molecular flexibility index (Phi) is 4.03. The number of nitrogens with one attached hydrogen (secondary N) is 1. The summed E-state index contributed by atoms with van der Waals surface area (Å²) in [6, 6.07) is 3.70. The zero-order chi connectivity index (χ0) is 11.4. The van der Waals surface area contributed by atoms with E-state index in [1.165, 1.54) is 0 Å². The molecule has 1 aromatic carbocycles. The van der Waals surface area contributed by atoms with Crippen LogP contribution < -0.4 is 10.1 Å². The van der Waals surface area contributed by atoms with Crippen molar-refractivity contribution in [2.75, 3.05) is 7.05 Å². The summed E-state index contributed by atoms with van der Waals surface area (Å²) in [4.78, 5) is 0. The van der Waals surface area contributed by atoms with E-state index in [1.807, 2.05) is 19.2 Å². The molecule has 4 heteroatoms. The Morgan fingerprint density at radius 2 is 1.80 bits per heavy atom. The fourth-order valence-electron chi connectivity index (χ4n) is 1.62. The molecule has 84 valence electrons. The van der Waals surface area contributed by atoms with Crippen LogP contribution in [0.2, 0.25) is 0 Å². The van der Waals surface area contributed by atoms with Crippen LogP contribution in [0.25, 0.3) is 0 Å². The van der Waals surface area contributed by atoms with Gasteiger partial charge < -0.3 is 10.1 Å². The molecule has 0 saturated heterocycles. The van der Waals surface area contributed by atoms with Crippen LogP contribution in [0.15, 0.2) is 12.1 Å². The van der Waals surface area contributed by atoms with E-state index >= 15 is 0 Å². The third-order valence-corrected chi connectivity index (χ3v) is 2.11. The number of aryl methyl sites for hydroxylation is 2. The van der Waals surface area contributed by atoms with Gasteiger partial charge in [0, 0.05) is 6.54 Å². The molecule has 1 N–H and O–H groups in total. The van der Waals surface area contributed by atoms with E-state index in [1.54, 1.807) is 13.8 Å². The molecule has 2 nitrogen and oxygen atoms in total.